The SMILES string of the molecule is C=C(C)C1CCCCC1C(C)C(C)C. The largest absolute Gasteiger partial charge is 0.0999 e. The summed E-state index contributed by atoms with van der Waals surface area (Å²) in [5, 5.41) is 0. The second kappa shape index (κ2) is 5.00. The normalized spacial score (nSPS) is 30.4. The van der Waals surface area contributed by atoms with Crippen molar-refractivity contribution in [1.82, 2.24) is 0 Å². The van der Waals surface area contributed by atoms with E-state index < -0.39 is 0 Å². The summed E-state index contributed by atoms with van der Waals surface area (Å²) >= 11 is 0. The van der Waals surface area contributed by atoms with E-state index >= 15 is 0 Å². The van der Waals surface area contributed by atoms with Crippen molar-refractivity contribution < 1.29 is 0 Å². The van der Waals surface area contributed by atoms with Gasteiger partial charge in [-0.15, -0.1) is 0 Å². The lowest BCUT2D eigenvalue weighted by molar-refractivity contribution is 0.161. The molecule has 1 rings (SSSR count). The smallest absolute Gasteiger partial charge is 0.0178 e. The molecule has 0 amide bonds. The fraction of sp³-hybridized carbons (Fsp3) is 0.857. The Kier molecular flexibility index (Phi) is 4.22. The highest BCUT2D eigenvalue weighted by molar-refractivity contribution is 5.01. The molecule has 0 nitrogen and oxygen atoms in total. The Morgan fingerprint density at radius 2 is 1.71 bits per heavy atom. The summed E-state index contributed by atoms with van der Waals surface area (Å²) in [6.07, 6.45) is 5.66. The van der Waals surface area contributed by atoms with E-state index in [1.807, 2.05) is 0 Å². The van der Waals surface area contributed by atoms with Gasteiger partial charge in [0.25, 0.3) is 0 Å². The summed E-state index contributed by atoms with van der Waals surface area (Å²) in [6.45, 7) is 13.5. The molecule has 82 valence electrons. The van der Waals surface area contributed by atoms with Gasteiger partial charge >= 0.3 is 0 Å². The highest BCUT2D eigenvalue weighted by atomic mass is 14.4. The lowest BCUT2D eigenvalue weighted by Gasteiger charge is -2.38. The Hall–Kier alpha value is -0.260. The molecule has 0 heterocycles. The van der Waals surface area contributed by atoms with Crippen molar-refractivity contribution in [3.8, 4) is 0 Å². The minimum Gasteiger partial charge on any atom is -0.0999 e. The van der Waals surface area contributed by atoms with E-state index in [1.165, 1.54) is 31.3 Å². The molecule has 0 bridgehead atoms. The van der Waals surface area contributed by atoms with E-state index in [1.54, 1.807) is 0 Å². The summed E-state index contributed by atoms with van der Waals surface area (Å²) in [5.74, 6) is 3.39. The van der Waals surface area contributed by atoms with Crippen LogP contribution in [-0.2, 0) is 0 Å². The van der Waals surface area contributed by atoms with E-state index in [0.717, 1.165) is 23.7 Å². The van der Waals surface area contributed by atoms with Crippen LogP contribution < -0.4 is 0 Å². The van der Waals surface area contributed by atoms with Crippen molar-refractivity contribution in [2.24, 2.45) is 23.7 Å². The maximum Gasteiger partial charge on any atom is -0.0178 e. The van der Waals surface area contributed by atoms with Gasteiger partial charge in [-0.25, -0.2) is 0 Å². The minimum atomic E-state index is 0.807. The molecule has 1 saturated carbocycles. The summed E-state index contributed by atoms with van der Waals surface area (Å²) < 4.78 is 0. The van der Waals surface area contributed by atoms with Gasteiger partial charge in [0.05, 0.1) is 0 Å². The van der Waals surface area contributed by atoms with Gasteiger partial charge in [0.2, 0.25) is 0 Å². The molecule has 0 aromatic carbocycles. The average molecular weight is 194 g/mol. The Labute approximate surface area is 89.8 Å². The van der Waals surface area contributed by atoms with Crippen molar-refractivity contribution in [2.75, 3.05) is 0 Å². The number of allylic oxidation sites excluding steroid dienone is 1. The Morgan fingerprint density at radius 3 is 2.21 bits per heavy atom. The monoisotopic (exact) mass is 194 g/mol. The quantitative estimate of drug-likeness (QED) is 0.573. The van der Waals surface area contributed by atoms with Crippen LogP contribution in [-0.4, -0.2) is 0 Å². The first-order valence-electron chi connectivity index (χ1n) is 6.19. The van der Waals surface area contributed by atoms with Crippen LogP contribution in [0.4, 0.5) is 0 Å². The molecule has 0 aliphatic heterocycles. The maximum atomic E-state index is 4.17. The molecule has 0 N–H and O–H groups in total. The fourth-order valence-corrected chi connectivity index (χ4v) is 2.90. The molecule has 3 atom stereocenters. The zero-order valence-electron chi connectivity index (χ0n) is 10.3. The minimum absolute atomic E-state index is 0.807. The zero-order chi connectivity index (χ0) is 10.7. The molecule has 1 aliphatic carbocycles. The predicted octanol–water partition coefficient (Wildman–Crippen LogP) is 4.66. The molecule has 1 aliphatic rings. The molecule has 0 aromatic heterocycles. The third-order valence-electron chi connectivity index (χ3n) is 4.18. The first-order chi connectivity index (χ1) is 6.54. The predicted molar refractivity (Wildman–Crippen MR) is 64.3 cm³/mol. The second-order valence-corrected chi connectivity index (χ2v) is 5.50. The molecule has 0 aromatic rings. The Morgan fingerprint density at radius 1 is 1.14 bits per heavy atom. The first kappa shape index (κ1) is 11.8. The zero-order valence-corrected chi connectivity index (χ0v) is 10.3. The number of rotatable bonds is 3. The van der Waals surface area contributed by atoms with Gasteiger partial charge in [0.1, 0.15) is 0 Å². The number of hydrogen-bond donors (Lipinski definition) is 0. The van der Waals surface area contributed by atoms with E-state index in [2.05, 4.69) is 34.3 Å². The lowest BCUT2D eigenvalue weighted by Crippen LogP contribution is -2.28. The van der Waals surface area contributed by atoms with Crippen LogP contribution in [0, 0.1) is 23.7 Å². The van der Waals surface area contributed by atoms with Crippen LogP contribution in [0.2, 0.25) is 0 Å². The topological polar surface area (TPSA) is 0 Å². The van der Waals surface area contributed by atoms with Crippen molar-refractivity contribution in [3.63, 3.8) is 0 Å². The average Bonchev–Trinajstić information content (AvgIpc) is 2.16. The van der Waals surface area contributed by atoms with Crippen molar-refractivity contribution in [1.29, 1.82) is 0 Å². The van der Waals surface area contributed by atoms with Crippen molar-refractivity contribution in [3.05, 3.63) is 12.2 Å². The first-order valence-corrected chi connectivity index (χ1v) is 6.19. The van der Waals surface area contributed by atoms with E-state index in [4.69, 9.17) is 0 Å². The Bertz CT molecular complexity index is 190. The van der Waals surface area contributed by atoms with Crippen LogP contribution >= 0.6 is 0 Å². The summed E-state index contributed by atoms with van der Waals surface area (Å²) in [5.41, 5.74) is 1.42. The van der Waals surface area contributed by atoms with Gasteiger partial charge in [-0.3, -0.25) is 0 Å². The molecule has 0 spiro atoms. The van der Waals surface area contributed by atoms with Crippen molar-refractivity contribution in [2.45, 2.75) is 53.4 Å². The van der Waals surface area contributed by atoms with Crippen LogP contribution in [0.25, 0.3) is 0 Å². The highest BCUT2D eigenvalue weighted by Gasteiger charge is 2.30. The van der Waals surface area contributed by atoms with Crippen LogP contribution in [0.15, 0.2) is 12.2 Å². The van der Waals surface area contributed by atoms with E-state index in [-0.39, 0.29) is 0 Å². The van der Waals surface area contributed by atoms with E-state index in [9.17, 15) is 0 Å². The molecular weight excluding hydrogens is 168 g/mol. The molecule has 1 fully saturated rings. The standard InChI is InChI=1S/C14H26/c1-10(2)12(5)14-9-7-6-8-13(14)11(3)4/h10,12-14H,3,6-9H2,1-2,4-5H3. The third-order valence-corrected chi connectivity index (χ3v) is 4.18. The van der Waals surface area contributed by atoms with Crippen molar-refractivity contribution >= 4 is 0 Å². The second-order valence-electron chi connectivity index (χ2n) is 5.50. The van der Waals surface area contributed by atoms with Gasteiger partial charge in [-0.2, -0.15) is 0 Å². The van der Waals surface area contributed by atoms with Gasteiger partial charge in [0.15, 0.2) is 0 Å². The highest BCUT2D eigenvalue weighted by Crippen LogP contribution is 2.40. The fourth-order valence-electron chi connectivity index (χ4n) is 2.90. The molecule has 14 heavy (non-hydrogen) atoms. The molecule has 0 saturated heterocycles. The van der Waals surface area contributed by atoms with Gasteiger partial charge in [-0.1, -0.05) is 45.8 Å². The summed E-state index contributed by atoms with van der Waals surface area (Å²) in [6, 6.07) is 0. The van der Waals surface area contributed by atoms with E-state index in [0.29, 0.717) is 0 Å². The Balaban J connectivity index is 2.67. The molecular formula is C14H26. The maximum absolute atomic E-state index is 4.17. The molecule has 0 radical (unpaired) electrons. The van der Waals surface area contributed by atoms with Crippen LogP contribution in [0.5, 0.6) is 0 Å². The molecule has 0 heteroatoms. The van der Waals surface area contributed by atoms with Gasteiger partial charge in [0, 0.05) is 0 Å². The summed E-state index contributed by atoms with van der Waals surface area (Å²) in [7, 11) is 0. The van der Waals surface area contributed by atoms with Gasteiger partial charge in [-0.05, 0) is 43.4 Å². The van der Waals surface area contributed by atoms with Gasteiger partial charge < -0.3 is 0 Å². The third kappa shape index (κ3) is 2.62. The van der Waals surface area contributed by atoms with Crippen LogP contribution in [0.1, 0.15) is 53.4 Å². The summed E-state index contributed by atoms with van der Waals surface area (Å²) in [4.78, 5) is 0. The number of hydrogen-bond acceptors (Lipinski definition) is 0. The molecule has 3 unspecified atom stereocenters. The van der Waals surface area contributed by atoms with Crippen LogP contribution in [0.3, 0.4) is 0 Å². The lowest BCUT2D eigenvalue weighted by atomic mass is 9.68.